The predicted octanol–water partition coefficient (Wildman–Crippen LogP) is 4.47. The van der Waals surface area contributed by atoms with Crippen molar-refractivity contribution in [1.29, 1.82) is 0 Å². The van der Waals surface area contributed by atoms with E-state index in [9.17, 15) is 4.79 Å². The van der Waals surface area contributed by atoms with Crippen LogP contribution in [0, 0.1) is 0 Å². The molecule has 0 fully saturated rings. The maximum Gasteiger partial charge on any atom is 0.261 e. The molecule has 0 saturated heterocycles. The topological polar surface area (TPSA) is 60.5 Å². The summed E-state index contributed by atoms with van der Waals surface area (Å²) in [6.07, 6.45) is 1.67. The zero-order valence-corrected chi connectivity index (χ0v) is 16.4. The fraction of sp³-hybridized carbons (Fsp3) is 0.200. The van der Waals surface area contributed by atoms with Gasteiger partial charge in [-0.05, 0) is 18.2 Å². The minimum Gasteiger partial charge on any atom is -0.475 e. The largest absolute Gasteiger partial charge is 0.475 e. The number of aromatic nitrogens is 1. The van der Waals surface area contributed by atoms with Gasteiger partial charge in [-0.25, -0.2) is 4.98 Å². The Bertz CT molecular complexity index is 1090. The summed E-state index contributed by atoms with van der Waals surface area (Å²) in [6.45, 7) is 1.27. The van der Waals surface area contributed by atoms with E-state index in [0.29, 0.717) is 30.5 Å². The van der Waals surface area contributed by atoms with Gasteiger partial charge in [0.15, 0.2) is 0 Å². The Morgan fingerprint density at radius 3 is 2.89 bits per heavy atom. The quantitative estimate of drug-likeness (QED) is 0.467. The van der Waals surface area contributed by atoms with Crippen LogP contribution >= 0.6 is 22.7 Å². The van der Waals surface area contributed by atoms with Crippen LogP contribution in [0.2, 0.25) is 0 Å². The molecule has 0 bridgehead atoms. The molecule has 3 heterocycles. The molecule has 7 heteroatoms. The van der Waals surface area contributed by atoms with E-state index < -0.39 is 0 Å². The van der Waals surface area contributed by atoms with Crippen LogP contribution in [0.4, 0.5) is 0 Å². The summed E-state index contributed by atoms with van der Waals surface area (Å²) < 4.78 is 14.2. The molecule has 1 amide bonds. The van der Waals surface area contributed by atoms with Crippen LogP contribution in [-0.4, -0.2) is 31.2 Å². The van der Waals surface area contributed by atoms with Gasteiger partial charge in [0.1, 0.15) is 6.61 Å². The van der Waals surface area contributed by atoms with Crippen molar-refractivity contribution in [3.05, 3.63) is 59.1 Å². The number of thiophene rings is 2. The number of fused-ring (bicyclic) bond motifs is 3. The second kappa shape index (κ2) is 8.04. The minimum absolute atomic E-state index is 0.0841. The third-order valence-electron chi connectivity index (χ3n) is 4.09. The number of amides is 1. The molecule has 0 unspecified atom stereocenters. The Morgan fingerprint density at radius 2 is 2.00 bits per heavy atom. The maximum atomic E-state index is 12.6. The fourth-order valence-electron chi connectivity index (χ4n) is 2.78. The van der Waals surface area contributed by atoms with Gasteiger partial charge in [0.25, 0.3) is 5.91 Å². The molecule has 5 nitrogen and oxygen atoms in total. The molecule has 3 aromatic heterocycles. The molecule has 4 rings (SSSR count). The molecule has 0 atom stereocenters. The molecule has 0 aliphatic rings. The molecule has 4 aromatic rings. The molecule has 1 aromatic carbocycles. The van der Waals surface area contributed by atoms with Gasteiger partial charge in [0.2, 0.25) is 5.88 Å². The summed E-state index contributed by atoms with van der Waals surface area (Å²) in [5.41, 5.74) is 0.839. The van der Waals surface area contributed by atoms with E-state index in [1.807, 2.05) is 30.3 Å². The molecular formula is C20H18N2O3S2. The smallest absolute Gasteiger partial charge is 0.261 e. The zero-order chi connectivity index (χ0) is 18.6. The Hall–Kier alpha value is -2.48. The monoisotopic (exact) mass is 398 g/mol. The van der Waals surface area contributed by atoms with E-state index in [4.69, 9.17) is 9.47 Å². The van der Waals surface area contributed by atoms with Gasteiger partial charge in [-0.3, -0.25) is 4.79 Å². The molecule has 0 aliphatic heterocycles. The van der Waals surface area contributed by atoms with Crippen LogP contribution in [0.3, 0.4) is 0 Å². The average Bonchev–Trinajstić information content (AvgIpc) is 3.25. The van der Waals surface area contributed by atoms with Crippen molar-refractivity contribution in [2.24, 2.45) is 0 Å². The third kappa shape index (κ3) is 3.80. The SMILES string of the molecule is COCCOc1ncccc1CNC(=O)c1cc2sc3ccccc3c2s1. The molecular weight excluding hydrogens is 380 g/mol. The number of pyridine rings is 1. The highest BCUT2D eigenvalue weighted by atomic mass is 32.1. The van der Waals surface area contributed by atoms with Gasteiger partial charge < -0.3 is 14.8 Å². The minimum atomic E-state index is -0.0841. The van der Waals surface area contributed by atoms with E-state index in [-0.39, 0.29) is 5.91 Å². The summed E-state index contributed by atoms with van der Waals surface area (Å²) in [6, 6.07) is 14.0. The normalized spacial score (nSPS) is 11.1. The summed E-state index contributed by atoms with van der Waals surface area (Å²) in [4.78, 5) is 17.6. The van der Waals surface area contributed by atoms with Gasteiger partial charge in [-0.15, -0.1) is 22.7 Å². The van der Waals surface area contributed by atoms with Crippen molar-refractivity contribution >= 4 is 48.1 Å². The first-order valence-electron chi connectivity index (χ1n) is 8.51. The standard InChI is InChI=1S/C20H18N2O3S2/c1-24-9-10-25-20-13(5-4-8-21-20)12-22-19(23)17-11-16-18(27-17)14-6-2-3-7-15(14)26-16/h2-8,11H,9-10,12H2,1H3,(H,22,23). The summed E-state index contributed by atoms with van der Waals surface area (Å²) >= 11 is 3.25. The number of hydrogen-bond donors (Lipinski definition) is 1. The number of ether oxygens (including phenoxy) is 2. The van der Waals surface area contributed by atoms with E-state index in [1.165, 1.54) is 26.1 Å². The first kappa shape index (κ1) is 17.9. The van der Waals surface area contributed by atoms with E-state index in [1.54, 1.807) is 24.6 Å². The lowest BCUT2D eigenvalue weighted by Gasteiger charge is -2.10. The second-order valence-electron chi connectivity index (χ2n) is 5.89. The molecule has 0 spiro atoms. The highest BCUT2D eigenvalue weighted by Crippen LogP contribution is 2.39. The predicted molar refractivity (Wildman–Crippen MR) is 110 cm³/mol. The lowest BCUT2D eigenvalue weighted by molar-refractivity contribution is 0.0954. The van der Waals surface area contributed by atoms with E-state index in [0.717, 1.165) is 10.3 Å². The Balaban J connectivity index is 1.47. The number of rotatable bonds is 7. The van der Waals surface area contributed by atoms with Crippen molar-refractivity contribution in [2.75, 3.05) is 20.3 Å². The number of hydrogen-bond acceptors (Lipinski definition) is 6. The third-order valence-corrected chi connectivity index (χ3v) is 6.50. The first-order chi connectivity index (χ1) is 13.3. The van der Waals surface area contributed by atoms with Crippen molar-refractivity contribution in [3.63, 3.8) is 0 Å². The summed E-state index contributed by atoms with van der Waals surface area (Å²) in [5, 5.41) is 4.18. The van der Waals surface area contributed by atoms with Crippen molar-refractivity contribution in [3.8, 4) is 5.88 Å². The number of methoxy groups -OCH3 is 1. The molecule has 0 radical (unpaired) electrons. The highest BCUT2D eigenvalue weighted by molar-refractivity contribution is 7.33. The van der Waals surface area contributed by atoms with Gasteiger partial charge in [-0.2, -0.15) is 0 Å². The fourth-order valence-corrected chi connectivity index (χ4v) is 5.23. The van der Waals surface area contributed by atoms with Crippen LogP contribution in [0.5, 0.6) is 5.88 Å². The Labute approximate surface area is 164 Å². The second-order valence-corrected chi connectivity index (χ2v) is 8.03. The number of nitrogens with zero attached hydrogens (tertiary/aromatic N) is 1. The summed E-state index contributed by atoms with van der Waals surface area (Å²) in [5.74, 6) is 0.437. The number of benzene rings is 1. The molecule has 138 valence electrons. The van der Waals surface area contributed by atoms with Crippen LogP contribution in [0.1, 0.15) is 15.2 Å². The molecule has 27 heavy (non-hydrogen) atoms. The molecule has 0 saturated carbocycles. The molecule has 1 N–H and O–H groups in total. The zero-order valence-electron chi connectivity index (χ0n) is 14.7. The van der Waals surface area contributed by atoms with Crippen molar-refractivity contribution in [1.82, 2.24) is 10.3 Å². The lowest BCUT2D eigenvalue weighted by Crippen LogP contribution is -2.22. The lowest BCUT2D eigenvalue weighted by atomic mass is 10.2. The number of carbonyl (C=O) groups excluding carboxylic acids is 1. The average molecular weight is 399 g/mol. The van der Waals surface area contributed by atoms with E-state index >= 15 is 0 Å². The van der Waals surface area contributed by atoms with Crippen LogP contribution in [0.25, 0.3) is 19.5 Å². The van der Waals surface area contributed by atoms with Gasteiger partial charge >= 0.3 is 0 Å². The Morgan fingerprint density at radius 1 is 1.11 bits per heavy atom. The van der Waals surface area contributed by atoms with Gasteiger partial charge in [0.05, 0.1) is 16.2 Å². The maximum absolute atomic E-state index is 12.6. The van der Waals surface area contributed by atoms with Crippen LogP contribution in [0.15, 0.2) is 48.7 Å². The van der Waals surface area contributed by atoms with Crippen molar-refractivity contribution in [2.45, 2.75) is 6.54 Å². The van der Waals surface area contributed by atoms with Crippen LogP contribution < -0.4 is 10.1 Å². The van der Waals surface area contributed by atoms with Gasteiger partial charge in [0, 0.05) is 40.2 Å². The molecule has 0 aliphatic carbocycles. The summed E-state index contributed by atoms with van der Waals surface area (Å²) in [7, 11) is 1.62. The van der Waals surface area contributed by atoms with Crippen molar-refractivity contribution < 1.29 is 14.3 Å². The van der Waals surface area contributed by atoms with Gasteiger partial charge in [-0.1, -0.05) is 24.3 Å². The number of nitrogens with one attached hydrogen (secondary N) is 1. The van der Waals surface area contributed by atoms with E-state index in [2.05, 4.69) is 22.4 Å². The highest BCUT2D eigenvalue weighted by Gasteiger charge is 2.15. The van der Waals surface area contributed by atoms with Crippen LogP contribution in [-0.2, 0) is 11.3 Å². The first-order valence-corrected chi connectivity index (χ1v) is 10.1. The number of carbonyl (C=O) groups is 1. The Kier molecular flexibility index (Phi) is 5.33.